The number of aryl methyl sites for hydroxylation is 1. The second-order valence-corrected chi connectivity index (χ2v) is 7.41. The maximum atomic E-state index is 12.6. The van der Waals surface area contributed by atoms with Gasteiger partial charge >= 0.3 is 0 Å². The summed E-state index contributed by atoms with van der Waals surface area (Å²) in [6.07, 6.45) is 3.48. The van der Waals surface area contributed by atoms with Gasteiger partial charge in [0.15, 0.2) is 0 Å². The summed E-state index contributed by atoms with van der Waals surface area (Å²) in [4.78, 5) is 21.6. The summed E-state index contributed by atoms with van der Waals surface area (Å²) >= 11 is 0. The molecular weight excluding hydrogens is 360 g/mol. The van der Waals surface area contributed by atoms with E-state index in [1.807, 2.05) is 30.5 Å². The van der Waals surface area contributed by atoms with Crippen LogP contribution in [-0.4, -0.2) is 37.1 Å². The molecule has 0 aliphatic carbocycles. The first kappa shape index (κ1) is 19.0. The molecule has 1 aliphatic rings. The Labute approximate surface area is 172 Å². The zero-order valence-electron chi connectivity index (χ0n) is 16.7. The average molecular weight is 386 g/mol. The van der Waals surface area contributed by atoms with Gasteiger partial charge in [0.05, 0.1) is 17.4 Å². The highest BCUT2D eigenvalue weighted by Gasteiger charge is 2.18. The fourth-order valence-corrected chi connectivity index (χ4v) is 3.58. The molecule has 0 spiro atoms. The number of carbonyl (C=O) groups is 1. The van der Waals surface area contributed by atoms with Crippen LogP contribution in [0.25, 0.3) is 0 Å². The Morgan fingerprint density at radius 2 is 1.55 bits per heavy atom. The van der Waals surface area contributed by atoms with Crippen LogP contribution >= 0.6 is 0 Å². The van der Waals surface area contributed by atoms with Crippen molar-refractivity contribution in [1.29, 1.82) is 0 Å². The van der Waals surface area contributed by atoms with Crippen molar-refractivity contribution in [1.82, 2.24) is 10.3 Å². The lowest BCUT2D eigenvalue weighted by Gasteiger charge is -2.37. The zero-order valence-corrected chi connectivity index (χ0v) is 16.7. The first-order chi connectivity index (χ1) is 14.2. The second kappa shape index (κ2) is 8.78. The molecule has 2 aromatic carbocycles. The largest absolute Gasteiger partial charge is 0.368 e. The Kier molecular flexibility index (Phi) is 5.75. The number of hydrogen-bond acceptors (Lipinski definition) is 4. The molecule has 5 nitrogen and oxygen atoms in total. The molecule has 1 saturated heterocycles. The summed E-state index contributed by atoms with van der Waals surface area (Å²) in [5.74, 6) is -0.0946. The minimum absolute atomic E-state index is 0.0946. The molecule has 4 rings (SSSR count). The van der Waals surface area contributed by atoms with Gasteiger partial charge in [-0.2, -0.15) is 0 Å². The van der Waals surface area contributed by atoms with Gasteiger partial charge in [-0.15, -0.1) is 0 Å². The summed E-state index contributed by atoms with van der Waals surface area (Å²) in [7, 11) is 0. The number of benzene rings is 2. The summed E-state index contributed by atoms with van der Waals surface area (Å²) in [5, 5.41) is 2.99. The number of carbonyl (C=O) groups excluding carboxylic acids is 1. The highest BCUT2D eigenvalue weighted by Crippen LogP contribution is 2.20. The topological polar surface area (TPSA) is 48.5 Å². The predicted molar refractivity (Wildman–Crippen MR) is 117 cm³/mol. The van der Waals surface area contributed by atoms with E-state index in [0.717, 1.165) is 37.4 Å². The van der Waals surface area contributed by atoms with E-state index in [1.165, 1.54) is 11.3 Å². The van der Waals surface area contributed by atoms with E-state index in [0.29, 0.717) is 12.1 Å². The minimum atomic E-state index is -0.0946. The van der Waals surface area contributed by atoms with Gasteiger partial charge in [0.25, 0.3) is 5.91 Å². The predicted octanol–water partition coefficient (Wildman–Crippen LogP) is 3.65. The number of hydrogen-bond donors (Lipinski definition) is 1. The van der Waals surface area contributed by atoms with Crippen LogP contribution in [0.3, 0.4) is 0 Å². The summed E-state index contributed by atoms with van der Waals surface area (Å²) < 4.78 is 0. The fraction of sp³-hybridized carbons (Fsp3) is 0.250. The van der Waals surface area contributed by atoms with E-state index in [1.54, 1.807) is 6.20 Å². The van der Waals surface area contributed by atoms with Crippen LogP contribution in [0.1, 0.15) is 21.5 Å². The van der Waals surface area contributed by atoms with Crippen molar-refractivity contribution in [2.24, 2.45) is 0 Å². The lowest BCUT2D eigenvalue weighted by Crippen LogP contribution is -2.46. The summed E-state index contributed by atoms with van der Waals surface area (Å²) in [6, 6.07) is 20.6. The van der Waals surface area contributed by atoms with Gasteiger partial charge in [0.1, 0.15) is 0 Å². The van der Waals surface area contributed by atoms with Crippen LogP contribution < -0.4 is 15.1 Å². The highest BCUT2D eigenvalue weighted by molar-refractivity contribution is 5.94. The van der Waals surface area contributed by atoms with E-state index >= 15 is 0 Å². The van der Waals surface area contributed by atoms with Crippen LogP contribution in [0.2, 0.25) is 0 Å². The highest BCUT2D eigenvalue weighted by atomic mass is 16.1. The maximum absolute atomic E-state index is 12.6. The van der Waals surface area contributed by atoms with Crippen molar-refractivity contribution >= 4 is 17.3 Å². The van der Waals surface area contributed by atoms with Gasteiger partial charge in [-0.3, -0.25) is 9.78 Å². The molecule has 0 bridgehead atoms. The van der Waals surface area contributed by atoms with E-state index in [4.69, 9.17) is 0 Å². The van der Waals surface area contributed by atoms with Gasteiger partial charge in [-0.05, 0) is 30.7 Å². The third-order valence-corrected chi connectivity index (χ3v) is 5.33. The van der Waals surface area contributed by atoms with Gasteiger partial charge in [0, 0.05) is 44.6 Å². The van der Waals surface area contributed by atoms with E-state index in [9.17, 15) is 4.79 Å². The number of anilines is 2. The van der Waals surface area contributed by atoms with Crippen molar-refractivity contribution in [3.05, 3.63) is 89.7 Å². The first-order valence-electron chi connectivity index (χ1n) is 10.0. The van der Waals surface area contributed by atoms with Crippen molar-refractivity contribution in [3.8, 4) is 0 Å². The maximum Gasteiger partial charge on any atom is 0.253 e. The fourth-order valence-electron chi connectivity index (χ4n) is 3.58. The van der Waals surface area contributed by atoms with Gasteiger partial charge in [-0.1, -0.05) is 48.0 Å². The number of rotatable bonds is 5. The molecule has 3 aromatic rings. The Balaban J connectivity index is 1.36. The van der Waals surface area contributed by atoms with Crippen LogP contribution in [0.4, 0.5) is 11.4 Å². The summed E-state index contributed by atoms with van der Waals surface area (Å²) in [6.45, 7) is 6.29. The molecule has 5 heteroatoms. The molecule has 1 amide bonds. The zero-order chi connectivity index (χ0) is 20.1. The quantitative estimate of drug-likeness (QED) is 0.727. The third kappa shape index (κ3) is 4.74. The van der Waals surface area contributed by atoms with Crippen molar-refractivity contribution in [2.45, 2.75) is 13.5 Å². The van der Waals surface area contributed by atoms with Crippen molar-refractivity contribution < 1.29 is 4.79 Å². The smallest absolute Gasteiger partial charge is 0.253 e. The SMILES string of the molecule is Cc1ccc(CNC(=O)c2cncc(N3CCN(c4ccccc4)CC3)c2)cc1. The Morgan fingerprint density at radius 1 is 0.897 bits per heavy atom. The summed E-state index contributed by atoms with van der Waals surface area (Å²) in [5.41, 5.74) is 5.16. The van der Waals surface area contributed by atoms with Crippen LogP contribution in [-0.2, 0) is 6.54 Å². The number of piperazine rings is 1. The van der Waals surface area contributed by atoms with Gasteiger partial charge in [-0.25, -0.2) is 0 Å². The molecule has 0 radical (unpaired) electrons. The number of para-hydroxylation sites is 1. The third-order valence-electron chi connectivity index (χ3n) is 5.33. The van der Waals surface area contributed by atoms with Gasteiger partial charge < -0.3 is 15.1 Å². The number of aromatic nitrogens is 1. The number of pyridine rings is 1. The first-order valence-corrected chi connectivity index (χ1v) is 10.0. The second-order valence-electron chi connectivity index (χ2n) is 7.41. The monoisotopic (exact) mass is 386 g/mol. The van der Waals surface area contributed by atoms with Gasteiger partial charge in [0.2, 0.25) is 0 Å². The normalized spacial score (nSPS) is 14.0. The lowest BCUT2D eigenvalue weighted by molar-refractivity contribution is 0.0950. The molecule has 1 N–H and O–H groups in total. The van der Waals surface area contributed by atoms with Crippen LogP contribution in [0.5, 0.6) is 0 Å². The number of nitrogens with zero attached hydrogens (tertiary/aromatic N) is 3. The molecule has 1 aromatic heterocycles. The molecule has 148 valence electrons. The molecule has 1 fully saturated rings. The number of amides is 1. The standard InChI is InChI=1S/C24H26N4O/c1-19-7-9-20(10-8-19)16-26-24(29)21-15-23(18-25-17-21)28-13-11-27(12-14-28)22-5-3-2-4-6-22/h2-10,15,17-18H,11-14,16H2,1H3,(H,26,29). The Morgan fingerprint density at radius 3 is 2.24 bits per heavy atom. The van der Waals surface area contributed by atoms with E-state index in [2.05, 4.69) is 63.4 Å². The minimum Gasteiger partial charge on any atom is -0.368 e. The molecule has 0 saturated carbocycles. The Hall–Kier alpha value is -3.34. The molecule has 0 atom stereocenters. The molecule has 2 heterocycles. The van der Waals surface area contributed by atoms with E-state index < -0.39 is 0 Å². The molecular formula is C24H26N4O. The van der Waals surface area contributed by atoms with E-state index in [-0.39, 0.29) is 5.91 Å². The lowest BCUT2D eigenvalue weighted by atomic mass is 10.1. The Bertz CT molecular complexity index is 948. The number of nitrogens with one attached hydrogen (secondary N) is 1. The van der Waals surface area contributed by atoms with Crippen molar-refractivity contribution in [2.75, 3.05) is 36.0 Å². The average Bonchev–Trinajstić information content (AvgIpc) is 2.79. The van der Waals surface area contributed by atoms with Crippen molar-refractivity contribution in [3.63, 3.8) is 0 Å². The van der Waals surface area contributed by atoms with Crippen LogP contribution in [0.15, 0.2) is 73.1 Å². The molecule has 29 heavy (non-hydrogen) atoms. The molecule has 0 unspecified atom stereocenters. The molecule has 1 aliphatic heterocycles. The van der Waals surface area contributed by atoms with Crippen LogP contribution in [0, 0.1) is 6.92 Å².